The third kappa shape index (κ3) is 4.95. The molecule has 2 heterocycles. The quantitative estimate of drug-likeness (QED) is 0.603. The Morgan fingerprint density at radius 2 is 1.84 bits per heavy atom. The van der Waals surface area contributed by atoms with E-state index >= 15 is 0 Å². The fourth-order valence-corrected chi connectivity index (χ4v) is 3.59. The van der Waals surface area contributed by atoms with E-state index in [2.05, 4.69) is 15.5 Å². The van der Waals surface area contributed by atoms with Gasteiger partial charge in [0, 0.05) is 42.7 Å². The number of morpholine rings is 1. The van der Waals surface area contributed by atoms with Crippen molar-refractivity contribution < 1.29 is 27.5 Å². The average molecular weight is 443 g/mol. The minimum atomic E-state index is -0.613. The van der Waals surface area contributed by atoms with Gasteiger partial charge in [-0.05, 0) is 43.3 Å². The average Bonchev–Trinajstić information content (AvgIpc) is 3.11. The Morgan fingerprint density at radius 3 is 2.62 bits per heavy atom. The van der Waals surface area contributed by atoms with Crippen molar-refractivity contribution in [2.24, 2.45) is 0 Å². The van der Waals surface area contributed by atoms with Gasteiger partial charge in [-0.3, -0.25) is 14.5 Å². The molecule has 0 unspecified atom stereocenters. The third-order valence-electron chi connectivity index (χ3n) is 5.36. The number of hydrogen-bond donors (Lipinski definition) is 2. The lowest BCUT2D eigenvalue weighted by molar-refractivity contribution is -0.116. The number of halogens is 2. The van der Waals surface area contributed by atoms with Crippen molar-refractivity contribution >= 4 is 34.2 Å². The minimum Gasteiger partial charge on any atom is -0.451 e. The van der Waals surface area contributed by atoms with Gasteiger partial charge in [-0.2, -0.15) is 0 Å². The molecule has 0 spiro atoms. The van der Waals surface area contributed by atoms with Gasteiger partial charge in [-0.15, -0.1) is 0 Å². The van der Waals surface area contributed by atoms with Gasteiger partial charge >= 0.3 is 0 Å². The van der Waals surface area contributed by atoms with Crippen LogP contribution in [0.25, 0.3) is 11.0 Å². The Labute approximate surface area is 183 Å². The number of nitrogens with zero attached hydrogens (tertiary/aromatic N) is 1. The SMILES string of the molecule is Cc1c(C(=O)Nc2ccc(F)c(NC(=O)CCN3CCOCC3)c2)oc2ccc(F)cc12. The van der Waals surface area contributed by atoms with E-state index in [9.17, 15) is 18.4 Å². The molecule has 1 saturated heterocycles. The summed E-state index contributed by atoms with van der Waals surface area (Å²) in [6, 6.07) is 7.89. The number of amides is 2. The molecule has 0 bridgehead atoms. The van der Waals surface area contributed by atoms with Crippen LogP contribution in [0, 0.1) is 18.6 Å². The lowest BCUT2D eigenvalue weighted by Crippen LogP contribution is -2.38. The van der Waals surface area contributed by atoms with E-state index in [-0.39, 0.29) is 29.5 Å². The molecule has 2 N–H and O–H groups in total. The number of nitrogens with one attached hydrogen (secondary N) is 2. The predicted molar refractivity (Wildman–Crippen MR) is 116 cm³/mol. The lowest BCUT2D eigenvalue weighted by Gasteiger charge is -2.26. The molecule has 4 rings (SSSR count). The van der Waals surface area contributed by atoms with Gasteiger partial charge in [0.1, 0.15) is 17.2 Å². The van der Waals surface area contributed by atoms with E-state index in [1.54, 1.807) is 6.92 Å². The summed E-state index contributed by atoms with van der Waals surface area (Å²) in [5.41, 5.74) is 1.14. The fourth-order valence-electron chi connectivity index (χ4n) is 3.59. The summed E-state index contributed by atoms with van der Waals surface area (Å²) in [5, 5.41) is 5.69. The van der Waals surface area contributed by atoms with Gasteiger partial charge in [-0.25, -0.2) is 8.78 Å². The molecule has 0 radical (unpaired) electrons. The summed E-state index contributed by atoms with van der Waals surface area (Å²) in [5.74, 6) is -1.89. The Balaban J connectivity index is 1.42. The van der Waals surface area contributed by atoms with E-state index in [0.29, 0.717) is 36.3 Å². The largest absolute Gasteiger partial charge is 0.451 e. The van der Waals surface area contributed by atoms with Crippen molar-refractivity contribution in [3.05, 3.63) is 59.4 Å². The maximum absolute atomic E-state index is 14.2. The summed E-state index contributed by atoms with van der Waals surface area (Å²) in [7, 11) is 0. The summed E-state index contributed by atoms with van der Waals surface area (Å²) >= 11 is 0. The Morgan fingerprint density at radius 1 is 1.06 bits per heavy atom. The van der Waals surface area contributed by atoms with Crippen LogP contribution in [-0.2, 0) is 9.53 Å². The molecule has 1 aliphatic rings. The van der Waals surface area contributed by atoms with Gasteiger partial charge in [0.25, 0.3) is 5.91 Å². The van der Waals surface area contributed by atoms with Crippen LogP contribution in [0.2, 0.25) is 0 Å². The van der Waals surface area contributed by atoms with E-state index in [1.165, 1.54) is 30.3 Å². The second-order valence-corrected chi connectivity index (χ2v) is 7.60. The molecule has 2 amide bonds. The van der Waals surface area contributed by atoms with Crippen LogP contribution < -0.4 is 10.6 Å². The summed E-state index contributed by atoms with van der Waals surface area (Å²) < 4.78 is 38.6. The van der Waals surface area contributed by atoms with Crippen molar-refractivity contribution in [1.29, 1.82) is 0 Å². The number of fused-ring (bicyclic) bond motifs is 1. The Kier molecular flexibility index (Phi) is 6.48. The van der Waals surface area contributed by atoms with Gasteiger partial charge in [0.15, 0.2) is 5.76 Å². The normalized spacial score (nSPS) is 14.5. The molecule has 2 aromatic carbocycles. The summed E-state index contributed by atoms with van der Waals surface area (Å²) in [6.07, 6.45) is 0.213. The van der Waals surface area contributed by atoms with Crippen molar-refractivity contribution in [1.82, 2.24) is 4.90 Å². The van der Waals surface area contributed by atoms with Crippen LogP contribution in [0.4, 0.5) is 20.2 Å². The van der Waals surface area contributed by atoms with E-state index in [0.717, 1.165) is 19.2 Å². The van der Waals surface area contributed by atoms with Crippen molar-refractivity contribution in [2.75, 3.05) is 43.5 Å². The van der Waals surface area contributed by atoms with Crippen molar-refractivity contribution in [2.45, 2.75) is 13.3 Å². The molecule has 1 aliphatic heterocycles. The number of carbonyl (C=O) groups is 2. The third-order valence-corrected chi connectivity index (χ3v) is 5.36. The minimum absolute atomic E-state index is 0.0295. The van der Waals surface area contributed by atoms with E-state index < -0.39 is 17.5 Å². The van der Waals surface area contributed by atoms with Crippen LogP contribution in [0.15, 0.2) is 40.8 Å². The molecule has 0 atom stereocenters. The highest BCUT2D eigenvalue weighted by Gasteiger charge is 2.19. The van der Waals surface area contributed by atoms with E-state index in [1.807, 2.05) is 0 Å². The topological polar surface area (TPSA) is 83.8 Å². The summed E-state index contributed by atoms with van der Waals surface area (Å²) in [6.45, 7) is 5.01. The first kappa shape index (κ1) is 21.9. The van der Waals surface area contributed by atoms with Gasteiger partial charge in [0.2, 0.25) is 5.91 Å². The molecule has 1 aromatic heterocycles. The van der Waals surface area contributed by atoms with Gasteiger partial charge in [0.05, 0.1) is 18.9 Å². The zero-order chi connectivity index (χ0) is 22.7. The maximum Gasteiger partial charge on any atom is 0.291 e. The molecule has 0 aliphatic carbocycles. The van der Waals surface area contributed by atoms with Crippen LogP contribution in [0.1, 0.15) is 22.5 Å². The van der Waals surface area contributed by atoms with Crippen molar-refractivity contribution in [3.8, 4) is 0 Å². The first-order valence-corrected chi connectivity index (χ1v) is 10.3. The molecule has 3 aromatic rings. The molecular weight excluding hydrogens is 420 g/mol. The van der Waals surface area contributed by atoms with Gasteiger partial charge in [-0.1, -0.05) is 0 Å². The molecule has 7 nitrogen and oxygen atoms in total. The second-order valence-electron chi connectivity index (χ2n) is 7.60. The Bertz CT molecular complexity index is 1160. The van der Waals surface area contributed by atoms with Crippen LogP contribution >= 0.6 is 0 Å². The van der Waals surface area contributed by atoms with Crippen LogP contribution in [0.5, 0.6) is 0 Å². The lowest BCUT2D eigenvalue weighted by atomic mass is 10.1. The zero-order valence-electron chi connectivity index (χ0n) is 17.5. The highest BCUT2D eigenvalue weighted by molar-refractivity contribution is 6.06. The molecule has 0 saturated carbocycles. The number of rotatable bonds is 6. The molecule has 168 valence electrons. The number of hydrogen-bond acceptors (Lipinski definition) is 5. The second kappa shape index (κ2) is 9.46. The van der Waals surface area contributed by atoms with Crippen LogP contribution in [-0.4, -0.2) is 49.6 Å². The highest BCUT2D eigenvalue weighted by atomic mass is 19.1. The smallest absolute Gasteiger partial charge is 0.291 e. The maximum atomic E-state index is 14.2. The molecule has 32 heavy (non-hydrogen) atoms. The van der Waals surface area contributed by atoms with E-state index in [4.69, 9.17) is 9.15 Å². The number of anilines is 2. The molecular formula is C23H23F2N3O4. The zero-order valence-corrected chi connectivity index (χ0v) is 17.5. The number of benzene rings is 2. The van der Waals surface area contributed by atoms with Gasteiger partial charge < -0.3 is 19.8 Å². The molecule has 9 heteroatoms. The van der Waals surface area contributed by atoms with Crippen molar-refractivity contribution in [3.63, 3.8) is 0 Å². The molecule has 1 fully saturated rings. The highest BCUT2D eigenvalue weighted by Crippen LogP contribution is 2.27. The number of aryl methyl sites for hydroxylation is 1. The first-order chi connectivity index (χ1) is 15.4. The number of ether oxygens (including phenoxy) is 1. The summed E-state index contributed by atoms with van der Waals surface area (Å²) in [4.78, 5) is 27.1. The monoisotopic (exact) mass is 443 g/mol. The number of carbonyl (C=O) groups excluding carboxylic acids is 2. The Hall–Kier alpha value is -3.30. The predicted octanol–water partition coefficient (Wildman–Crippen LogP) is 3.93. The number of furan rings is 1. The fraction of sp³-hybridized carbons (Fsp3) is 0.304. The first-order valence-electron chi connectivity index (χ1n) is 10.3. The standard InChI is InChI=1S/C23H23F2N3O4/c1-14-17-12-15(24)2-5-20(17)32-22(14)23(30)26-16-3-4-18(25)19(13-16)27-21(29)6-7-28-8-10-31-11-9-28/h2-5,12-13H,6-11H2,1H3,(H,26,30)(H,27,29). The van der Waals surface area contributed by atoms with Crippen LogP contribution in [0.3, 0.4) is 0 Å².